The van der Waals surface area contributed by atoms with Gasteiger partial charge in [0, 0.05) is 56.6 Å². The third-order valence-corrected chi connectivity index (χ3v) is 7.13. The van der Waals surface area contributed by atoms with E-state index in [1.807, 2.05) is 5.51 Å². The molecule has 4 fully saturated rings. The van der Waals surface area contributed by atoms with Crippen LogP contribution in [0.1, 0.15) is 30.1 Å². The lowest BCUT2D eigenvalue weighted by Crippen LogP contribution is -2.47. The number of nitrogens with zero attached hydrogens (tertiary/aromatic N) is 3. The van der Waals surface area contributed by atoms with Crippen molar-refractivity contribution >= 4 is 11.3 Å². The van der Waals surface area contributed by atoms with Gasteiger partial charge < -0.3 is 0 Å². The summed E-state index contributed by atoms with van der Waals surface area (Å²) in [5.74, 6) is 1.43. The second-order valence-corrected chi connectivity index (χ2v) is 9.12. The molecular weight excluding hydrogens is 354 g/mol. The molecule has 0 aliphatic carbocycles. The molecule has 2 aromatic rings. The molecule has 2 unspecified atom stereocenters. The van der Waals surface area contributed by atoms with Crippen LogP contribution in [0.3, 0.4) is 0 Å². The van der Waals surface area contributed by atoms with Gasteiger partial charge in [-0.2, -0.15) is 0 Å². The van der Waals surface area contributed by atoms with E-state index < -0.39 is 0 Å². The van der Waals surface area contributed by atoms with Gasteiger partial charge >= 0.3 is 0 Å². The minimum Gasteiger partial charge on any atom is -0.298 e. The molecule has 0 spiro atoms. The Kier molecular flexibility index (Phi) is 5.25. The molecular formula is C21H29N5S. The van der Waals surface area contributed by atoms with E-state index in [2.05, 4.69) is 61.3 Å². The first kappa shape index (κ1) is 17.8. The largest absolute Gasteiger partial charge is 0.298 e. The molecule has 144 valence electrons. The van der Waals surface area contributed by atoms with Crippen molar-refractivity contribution in [3.05, 3.63) is 52.5 Å². The summed E-state index contributed by atoms with van der Waals surface area (Å²) >= 11 is 1.71. The number of hydrogen-bond donors (Lipinski definition) is 2. The Morgan fingerprint density at radius 2 is 2.04 bits per heavy atom. The fourth-order valence-electron chi connectivity index (χ4n) is 5.20. The Bertz CT molecular complexity index is 721. The lowest BCUT2D eigenvalue weighted by atomic mass is 9.90. The van der Waals surface area contributed by atoms with Crippen LogP contribution in [-0.4, -0.2) is 53.5 Å². The highest BCUT2D eigenvalue weighted by Crippen LogP contribution is 2.32. The van der Waals surface area contributed by atoms with Crippen LogP contribution in [0.4, 0.5) is 0 Å². The van der Waals surface area contributed by atoms with Crippen molar-refractivity contribution in [2.24, 2.45) is 11.8 Å². The third kappa shape index (κ3) is 3.96. The number of rotatable bonds is 5. The molecule has 27 heavy (non-hydrogen) atoms. The van der Waals surface area contributed by atoms with E-state index in [1.54, 1.807) is 11.3 Å². The third-order valence-electron chi connectivity index (χ3n) is 6.49. The minimum absolute atomic E-state index is 0.416. The van der Waals surface area contributed by atoms with E-state index in [0.29, 0.717) is 18.0 Å². The quantitative estimate of drug-likeness (QED) is 0.831. The van der Waals surface area contributed by atoms with Crippen LogP contribution in [0.2, 0.25) is 0 Å². The first-order valence-corrected chi connectivity index (χ1v) is 11.2. The van der Waals surface area contributed by atoms with Gasteiger partial charge in [-0.15, -0.1) is 11.3 Å². The molecule has 1 aromatic carbocycles. The minimum atomic E-state index is 0.416. The van der Waals surface area contributed by atoms with Crippen molar-refractivity contribution in [1.29, 1.82) is 0 Å². The Balaban J connectivity index is 1.26. The van der Waals surface area contributed by atoms with E-state index in [9.17, 15) is 0 Å². The zero-order chi connectivity index (χ0) is 18.1. The topological polar surface area (TPSA) is 43.4 Å². The first-order valence-electron chi connectivity index (χ1n) is 10.2. The zero-order valence-corrected chi connectivity index (χ0v) is 16.6. The van der Waals surface area contributed by atoms with Gasteiger partial charge in [-0.05, 0) is 24.3 Å². The fraction of sp³-hybridized carbons (Fsp3) is 0.571. The second kappa shape index (κ2) is 7.97. The van der Waals surface area contributed by atoms with E-state index in [-0.39, 0.29) is 0 Å². The SMILES string of the molecule is c1ccc(C2NNCC2CN2C[C@@H]3CC[C@H]2CN(Cc2cscn2)C3)cc1. The number of nitrogens with one attached hydrogen (secondary N) is 2. The van der Waals surface area contributed by atoms with E-state index >= 15 is 0 Å². The van der Waals surface area contributed by atoms with Crippen LogP contribution in [0, 0.1) is 11.8 Å². The summed E-state index contributed by atoms with van der Waals surface area (Å²) in [5.41, 5.74) is 11.5. The van der Waals surface area contributed by atoms with Crippen molar-refractivity contribution in [2.75, 3.05) is 32.7 Å². The van der Waals surface area contributed by atoms with Gasteiger partial charge in [0.15, 0.2) is 0 Å². The highest BCUT2D eigenvalue weighted by molar-refractivity contribution is 7.07. The number of benzene rings is 1. The van der Waals surface area contributed by atoms with Crippen LogP contribution in [0.5, 0.6) is 0 Å². The number of aromatic nitrogens is 1. The summed E-state index contributed by atoms with van der Waals surface area (Å²) in [7, 11) is 0. The average molecular weight is 384 g/mol. The first-order chi connectivity index (χ1) is 13.3. The summed E-state index contributed by atoms with van der Waals surface area (Å²) in [6, 6.07) is 12.0. The molecule has 4 saturated heterocycles. The van der Waals surface area contributed by atoms with E-state index in [4.69, 9.17) is 0 Å². The predicted molar refractivity (Wildman–Crippen MR) is 109 cm³/mol. The molecule has 5 nitrogen and oxygen atoms in total. The summed E-state index contributed by atoms with van der Waals surface area (Å²) in [4.78, 5) is 9.95. The van der Waals surface area contributed by atoms with Crippen LogP contribution in [0.25, 0.3) is 0 Å². The molecule has 0 radical (unpaired) electrons. The zero-order valence-electron chi connectivity index (χ0n) is 15.8. The number of hydrogen-bond acceptors (Lipinski definition) is 6. The van der Waals surface area contributed by atoms with Crippen LogP contribution in [0.15, 0.2) is 41.2 Å². The second-order valence-electron chi connectivity index (χ2n) is 8.40. The standard InChI is InChI=1S/C21H29N5S/c1-2-4-17(5-3-1)21-18(8-23-24-21)11-26-10-16-6-7-20(26)13-25(9-16)12-19-14-27-15-22-19/h1-5,14-16,18,20-21,23-24H,6-13H2/t16-,18?,20+,21?/m1/s1. The molecule has 4 atom stereocenters. The lowest BCUT2D eigenvalue weighted by Gasteiger charge is -2.38. The molecule has 6 heteroatoms. The Labute approximate surface area is 165 Å². The van der Waals surface area contributed by atoms with Gasteiger partial charge in [0.05, 0.1) is 17.2 Å². The summed E-state index contributed by atoms with van der Waals surface area (Å²) < 4.78 is 0. The average Bonchev–Trinajstić information content (AvgIpc) is 3.29. The van der Waals surface area contributed by atoms with Gasteiger partial charge in [0.1, 0.15) is 0 Å². The van der Waals surface area contributed by atoms with Crippen molar-refractivity contribution in [2.45, 2.75) is 31.5 Å². The van der Waals surface area contributed by atoms with Gasteiger partial charge in [0.2, 0.25) is 0 Å². The van der Waals surface area contributed by atoms with Crippen LogP contribution < -0.4 is 10.9 Å². The number of fused-ring (bicyclic) bond motifs is 4. The fourth-order valence-corrected chi connectivity index (χ4v) is 5.75. The smallest absolute Gasteiger partial charge is 0.0795 e. The normalized spacial score (nSPS) is 32.0. The molecule has 0 amide bonds. The predicted octanol–water partition coefficient (Wildman–Crippen LogP) is 2.50. The molecule has 2 bridgehead atoms. The molecule has 4 aliphatic heterocycles. The highest BCUT2D eigenvalue weighted by atomic mass is 32.1. The van der Waals surface area contributed by atoms with Crippen LogP contribution in [-0.2, 0) is 6.54 Å². The summed E-state index contributed by atoms with van der Waals surface area (Å²) in [5, 5.41) is 2.20. The lowest BCUT2D eigenvalue weighted by molar-refractivity contribution is 0.109. The molecule has 5 heterocycles. The van der Waals surface area contributed by atoms with Gasteiger partial charge in [-0.1, -0.05) is 30.3 Å². The van der Waals surface area contributed by atoms with E-state index in [1.165, 1.54) is 50.3 Å². The van der Waals surface area contributed by atoms with Crippen molar-refractivity contribution in [3.8, 4) is 0 Å². The van der Waals surface area contributed by atoms with E-state index in [0.717, 1.165) is 19.0 Å². The summed E-state index contributed by atoms with van der Waals surface area (Å²) in [6.45, 7) is 6.94. The summed E-state index contributed by atoms with van der Waals surface area (Å²) in [6.07, 6.45) is 2.74. The molecule has 6 rings (SSSR count). The molecule has 2 N–H and O–H groups in total. The van der Waals surface area contributed by atoms with Crippen molar-refractivity contribution in [1.82, 2.24) is 25.6 Å². The Morgan fingerprint density at radius 1 is 1.11 bits per heavy atom. The van der Waals surface area contributed by atoms with Crippen molar-refractivity contribution < 1.29 is 0 Å². The molecule has 4 aliphatic rings. The molecule has 1 aromatic heterocycles. The highest BCUT2D eigenvalue weighted by Gasteiger charge is 2.38. The number of piperidine rings is 1. The maximum Gasteiger partial charge on any atom is 0.0795 e. The van der Waals surface area contributed by atoms with Gasteiger partial charge in [-0.3, -0.25) is 15.2 Å². The van der Waals surface area contributed by atoms with Crippen molar-refractivity contribution in [3.63, 3.8) is 0 Å². The van der Waals surface area contributed by atoms with Gasteiger partial charge in [0.25, 0.3) is 0 Å². The Hall–Kier alpha value is -1.31. The maximum atomic E-state index is 4.50. The maximum absolute atomic E-state index is 4.50. The van der Waals surface area contributed by atoms with Crippen LogP contribution >= 0.6 is 11.3 Å². The number of hydrazine groups is 1. The molecule has 0 saturated carbocycles. The Morgan fingerprint density at radius 3 is 2.89 bits per heavy atom. The monoisotopic (exact) mass is 383 g/mol. The van der Waals surface area contributed by atoms with Gasteiger partial charge in [-0.25, -0.2) is 10.4 Å². The number of thiazole rings is 1.